The van der Waals surface area contributed by atoms with Gasteiger partial charge in [0.05, 0.1) is 22.4 Å². The van der Waals surface area contributed by atoms with Gasteiger partial charge in [-0.15, -0.1) is 0 Å². The van der Waals surface area contributed by atoms with Crippen molar-refractivity contribution >= 4 is 25.6 Å². The number of nitrogens with zero attached hydrogens (tertiary/aromatic N) is 2. The lowest BCUT2D eigenvalue weighted by Gasteiger charge is -2.26. The summed E-state index contributed by atoms with van der Waals surface area (Å²) in [5.74, 6) is -0.194. The van der Waals surface area contributed by atoms with Crippen LogP contribution in [-0.4, -0.2) is 44.5 Å². The Morgan fingerprint density at radius 1 is 1.12 bits per heavy atom. The quantitative estimate of drug-likeness (QED) is 0.599. The van der Waals surface area contributed by atoms with Crippen molar-refractivity contribution in [3.05, 3.63) is 28.8 Å². The molecule has 1 heterocycles. The van der Waals surface area contributed by atoms with E-state index in [0.717, 1.165) is 15.5 Å². The maximum atomic E-state index is 13.2. The fourth-order valence-electron chi connectivity index (χ4n) is 2.79. The SMILES string of the molecule is CC(C)=NN([C@H]1CCS(=O)(=O)C1)S(=O)(=O)c1cc(C)c(C)cc1C. The number of sulfonamides is 1. The lowest BCUT2D eigenvalue weighted by molar-refractivity contribution is 0.354. The van der Waals surface area contributed by atoms with Crippen molar-refractivity contribution in [2.75, 3.05) is 11.5 Å². The Hall–Kier alpha value is -1.41. The van der Waals surface area contributed by atoms with E-state index in [9.17, 15) is 16.8 Å². The first-order valence-electron chi connectivity index (χ1n) is 7.78. The fraction of sp³-hybridized carbons (Fsp3) is 0.562. The third-order valence-electron chi connectivity index (χ3n) is 4.13. The Bertz CT molecular complexity index is 883. The number of rotatable bonds is 4. The molecule has 1 saturated heterocycles. The smallest absolute Gasteiger partial charge is 0.229 e. The number of hydrogen-bond donors (Lipinski definition) is 0. The Labute approximate surface area is 144 Å². The molecule has 1 aromatic rings. The van der Waals surface area contributed by atoms with Gasteiger partial charge < -0.3 is 0 Å². The van der Waals surface area contributed by atoms with Gasteiger partial charge in [-0.2, -0.15) is 17.9 Å². The molecule has 2 rings (SSSR count). The van der Waals surface area contributed by atoms with Crippen LogP contribution in [0.1, 0.15) is 37.0 Å². The summed E-state index contributed by atoms with van der Waals surface area (Å²) in [5.41, 5.74) is 3.07. The fourth-order valence-corrected chi connectivity index (χ4v) is 6.41. The van der Waals surface area contributed by atoms with Gasteiger partial charge in [-0.25, -0.2) is 8.42 Å². The zero-order chi connectivity index (χ0) is 18.3. The molecule has 0 aliphatic carbocycles. The van der Waals surface area contributed by atoms with Crippen LogP contribution in [0.2, 0.25) is 0 Å². The highest BCUT2D eigenvalue weighted by Gasteiger charge is 2.39. The van der Waals surface area contributed by atoms with E-state index >= 15 is 0 Å². The standard InChI is InChI=1S/C16H24N2O4S2/c1-11(2)17-18(15-6-7-23(19,20)10-15)24(21,22)16-9-13(4)12(3)8-14(16)5/h8-9,15H,6-7,10H2,1-5H3/t15-/m0/s1. The summed E-state index contributed by atoms with van der Waals surface area (Å²) in [6, 6.07) is 2.81. The number of benzene rings is 1. The Morgan fingerprint density at radius 2 is 1.71 bits per heavy atom. The van der Waals surface area contributed by atoms with E-state index in [0.29, 0.717) is 11.3 Å². The maximum Gasteiger partial charge on any atom is 0.279 e. The van der Waals surface area contributed by atoms with Gasteiger partial charge >= 0.3 is 0 Å². The normalized spacial score (nSPS) is 20.0. The number of aryl methyl sites for hydroxylation is 3. The summed E-state index contributed by atoms with van der Waals surface area (Å²) in [5, 5.41) is 4.16. The average Bonchev–Trinajstić information content (AvgIpc) is 2.79. The summed E-state index contributed by atoms with van der Waals surface area (Å²) < 4.78 is 50.9. The Morgan fingerprint density at radius 3 is 2.21 bits per heavy atom. The summed E-state index contributed by atoms with van der Waals surface area (Å²) in [7, 11) is -7.14. The first-order valence-corrected chi connectivity index (χ1v) is 11.0. The van der Waals surface area contributed by atoms with Gasteiger partial charge in [0, 0.05) is 5.71 Å². The third-order valence-corrected chi connectivity index (χ3v) is 7.75. The number of hydrazone groups is 1. The van der Waals surface area contributed by atoms with E-state index in [4.69, 9.17) is 0 Å². The monoisotopic (exact) mass is 372 g/mol. The molecule has 8 heteroatoms. The summed E-state index contributed by atoms with van der Waals surface area (Å²) in [6.45, 7) is 8.91. The van der Waals surface area contributed by atoms with Gasteiger partial charge in [0.25, 0.3) is 10.0 Å². The molecule has 0 aromatic heterocycles. The first-order chi connectivity index (χ1) is 10.9. The zero-order valence-electron chi connectivity index (χ0n) is 14.7. The Kier molecular flexibility index (Phi) is 5.11. The molecule has 1 fully saturated rings. The van der Waals surface area contributed by atoms with Gasteiger partial charge in [0.2, 0.25) is 0 Å². The average molecular weight is 373 g/mol. The van der Waals surface area contributed by atoms with Crippen LogP contribution in [0.15, 0.2) is 22.1 Å². The van der Waals surface area contributed by atoms with Crippen LogP contribution in [0, 0.1) is 20.8 Å². The minimum Gasteiger partial charge on any atom is -0.229 e. The highest BCUT2D eigenvalue weighted by atomic mass is 32.2. The van der Waals surface area contributed by atoms with Crippen molar-refractivity contribution in [3.63, 3.8) is 0 Å². The molecule has 24 heavy (non-hydrogen) atoms. The van der Waals surface area contributed by atoms with Gasteiger partial charge in [0.15, 0.2) is 9.84 Å². The molecule has 1 aromatic carbocycles. The highest BCUT2D eigenvalue weighted by molar-refractivity contribution is 7.92. The van der Waals surface area contributed by atoms with Gasteiger partial charge in [-0.3, -0.25) is 0 Å². The minimum atomic E-state index is -3.92. The summed E-state index contributed by atoms with van der Waals surface area (Å²) in [4.78, 5) is 0.180. The van der Waals surface area contributed by atoms with Crippen LogP contribution in [0.4, 0.5) is 0 Å². The molecule has 1 atom stereocenters. The topological polar surface area (TPSA) is 83.9 Å². The van der Waals surface area contributed by atoms with Crippen LogP contribution in [0.3, 0.4) is 0 Å². The maximum absolute atomic E-state index is 13.2. The molecule has 0 spiro atoms. The van der Waals surface area contributed by atoms with Crippen molar-refractivity contribution in [1.29, 1.82) is 0 Å². The zero-order valence-corrected chi connectivity index (χ0v) is 16.3. The molecule has 0 amide bonds. The number of sulfone groups is 1. The highest BCUT2D eigenvalue weighted by Crippen LogP contribution is 2.29. The van der Waals surface area contributed by atoms with Crippen molar-refractivity contribution < 1.29 is 16.8 Å². The molecule has 6 nitrogen and oxygen atoms in total. The second-order valence-electron chi connectivity index (χ2n) is 6.58. The molecular formula is C16H24N2O4S2. The molecule has 1 aliphatic rings. The predicted octanol–water partition coefficient (Wildman–Crippen LogP) is 2.19. The van der Waals surface area contributed by atoms with Crippen molar-refractivity contribution in [2.45, 2.75) is 52.0 Å². The second kappa shape index (κ2) is 6.48. The van der Waals surface area contributed by atoms with E-state index in [1.165, 1.54) is 0 Å². The Balaban J connectivity index is 2.57. The van der Waals surface area contributed by atoms with Crippen molar-refractivity contribution in [2.24, 2.45) is 5.10 Å². The molecule has 0 unspecified atom stereocenters. The van der Waals surface area contributed by atoms with E-state index in [1.807, 2.05) is 19.9 Å². The van der Waals surface area contributed by atoms with Crippen LogP contribution in [0.25, 0.3) is 0 Å². The molecule has 0 bridgehead atoms. The molecule has 0 N–H and O–H groups in total. The van der Waals surface area contributed by atoms with E-state index in [2.05, 4.69) is 5.10 Å². The lowest BCUT2D eigenvalue weighted by Crippen LogP contribution is -2.38. The van der Waals surface area contributed by atoms with Crippen LogP contribution in [-0.2, 0) is 19.9 Å². The second-order valence-corrected chi connectivity index (χ2v) is 10.6. The van der Waals surface area contributed by atoms with Crippen LogP contribution in [0.5, 0.6) is 0 Å². The molecule has 1 aliphatic heterocycles. The van der Waals surface area contributed by atoms with Gasteiger partial charge in [-0.05, 0) is 63.8 Å². The molecule has 134 valence electrons. The summed E-state index contributed by atoms with van der Waals surface area (Å²) >= 11 is 0. The first kappa shape index (κ1) is 18.9. The molecule has 0 radical (unpaired) electrons. The van der Waals surface area contributed by atoms with Gasteiger partial charge in [-0.1, -0.05) is 6.07 Å². The van der Waals surface area contributed by atoms with Gasteiger partial charge in [0.1, 0.15) is 0 Å². The van der Waals surface area contributed by atoms with E-state index < -0.39 is 25.9 Å². The predicted molar refractivity (Wildman–Crippen MR) is 95.5 cm³/mol. The van der Waals surface area contributed by atoms with Crippen molar-refractivity contribution in [3.8, 4) is 0 Å². The van der Waals surface area contributed by atoms with E-state index in [1.54, 1.807) is 26.8 Å². The van der Waals surface area contributed by atoms with E-state index in [-0.39, 0.29) is 22.8 Å². The van der Waals surface area contributed by atoms with Crippen LogP contribution < -0.4 is 0 Å². The molecular weight excluding hydrogens is 348 g/mol. The molecule has 0 saturated carbocycles. The largest absolute Gasteiger partial charge is 0.279 e. The van der Waals surface area contributed by atoms with Crippen molar-refractivity contribution in [1.82, 2.24) is 4.41 Å². The van der Waals surface area contributed by atoms with Crippen LogP contribution >= 0.6 is 0 Å². The number of hydrogen-bond acceptors (Lipinski definition) is 5. The third kappa shape index (κ3) is 3.80. The summed E-state index contributed by atoms with van der Waals surface area (Å²) in [6.07, 6.45) is 0.266. The minimum absolute atomic E-state index is 0.00608. The lowest BCUT2D eigenvalue weighted by atomic mass is 10.1.